The number of nitrogens with one attached hydrogen (secondary N) is 2. The lowest BCUT2D eigenvalue weighted by molar-refractivity contribution is -0.126. The Morgan fingerprint density at radius 3 is 2.74 bits per heavy atom. The smallest absolute Gasteiger partial charge is 0.393 e. The molecule has 7 nitrogen and oxygen atoms in total. The molecule has 0 aliphatic carbocycles. The molecule has 4 aromatic rings. The van der Waals surface area contributed by atoms with Crippen LogP contribution in [0.15, 0.2) is 30.6 Å². The predicted octanol–water partition coefficient (Wildman–Crippen LogP) is 4.93. The highest BCUT2D eigenvalue weighted by Gasteiger charge is 2.29. The molecule has 0 unspecified atom stereocenters. The van der Waals surface area contributed by atoms with Crippen molar-refractivity contribution in [3.05, 3.63) is 46.7 Å². The summed E-state index contributed by atoms with van der Waals surface area (Å²) in [6.07, 6.45) is -2.18. The van der Waals surface area contributed by atoms with Crippen LogP contribution < -0.4 is 5.32 Å². The minimum absolute atomic E-state index is 0.138. The molecule has 0 saturated carbocycles. The molecule has 1 saturated heterocycles. The molecule has 176 valence electrons. The van der Waals surface area contributed by atoms with Gasteiger partial charge in [-0.3, -0.25) is 4.90 Å². The first kappa shape index (κ1) is 22.4. The Morgan fingerprint density at radius 2 is 2.00 bits per heavy atom. The molecule has 1 aliphatic rings. The summed E-state index contributed by atoms with van der Waals surface area (Å²) in [5, 5.41) is 24.4. The third-order valence-electron chi connectivity index (χ3n) is 6.06. The van der Waals surface area contributed by atoms with Crippen molar-refractivity contribution in [1.82, 2.24) is 19.9 Å². The average Bonchev–Trinajstić information content (AvgIpc) is 3.40. The molecule has 1 aromatic carbocycles. The van der Waals surface area contributed by atoms with Crippen LogP contribution in [0.1, 0.15) is 29.0 Å². The standard InChI is InChI=1S/C23H21F3N6OS/c24-23(25,26)9-16-8-18-21(28-12-29-22(18)34-16)31-14-3-5-32(6-4-14)11-13-1-2-19-17(20(13)33)7-15(10-27)30-19/h1-2,7-8,12,14,30,33H,3-6,9,11H2,(H,28,29,31). The molecule has 1 fully saturated rings. The monoisotopic (exact) mass is 486 g/mol. The number of hydrogen-bond acceptors (Lipinski definition) is 7. The number of alkyl halides is 3. The molecule has 0 radical (unpaired) electrons. The average molecular weight is 487 g/mol. The molecule has 0 bridgehead atoms. The summed E-state index contributed by atoms with van der Waals surface area (Å²) in [5.74, 6) is 0.753. The van der Waals surface area contributed by atoms with E-state index in [0.717, 1.165) is 48.3 Å². The summed E-state index contributed by atoms with van der Waals surface area (Å²) in [6, 6.07) is 9.10. The SMILES string of the molecule is N#Cc1cc2c(O)c(CN3CCC(Nc4ncnc5sc(CC(F)(F)F)cc45)CC3)ccc2[nH]1. The van der Waals surface area contributed by atoms with Crippen molar-refractivity contribution in [2.75, 3.05) is 18.4 Å². The van der Waals surface area contributed by atoms with Gasteiger partial charge in [0, 0.05) is 41.5 Å². The lowest BCUT2D eigenvalue weighted by Gasteiger charge is -2.32. The van der Waals surface area contributed by atoms with Gasteiger partial charge in [0.05, 0.1) is 17.3 Å². The highest BCUT2D eigenvalue weighted by molar-refractivity contribution is 7.18. The number of aromatic nitrogens is 3. The summed E-state index contributed by atoms with van der Waals surface area (Å²) in [5.41, 5.74) is 1.93. The van der Waals surface area contributed by atoms with Crippen molar-refractivity contribution in [3.8, 4) is 11.8 Å². The number of phenols is 1. The van der Waals surface area contributed by atoms with Crippen LogP contribution in [0, 0.1) is 11.3 Å². The number of aromatic amines is 1. The van der Waals surface area contributed by atoms with Crippen molar-refractivity contribution in [3.63, 3.8) is 0 Å². The van der Waals surface area contributed by atoms with E-state index in [2.05, 4.69) is 25.2 Å². The van der Waals surface area contributed by atoms with E-state index in [-0.39, 0.29) is 16.7 Å². The minimum atomic E-state index is -4.26. The number of rotatable bonds is 5. The van der Waals surface area contributed by atoms with Gasteiger partial charge in [-0.05, 0) is 31.0 Å². The normalized spacial score (nSPS) is 15.7. The van der Waals surface area contributed by atoms with Gasteiger partial charge in [-0.1, -0.05) is 6.07 Å². The fraction of sp³-hybridized carbons (Fsp3) is 0.348. The number of thiophene rings is 1. The van der Waals surface area contributed by atoms with E-state index in [1.807, 2.05) is 18.2 Å². The lowest BCUT2D eigenvalue weighted by Crippen LogP contribution is -2.38. The van der Waals surface area contributed by atoms with E-state index in [1.165, 1.54) is 12.4 Å². The third-order valence-corrected chi connectivity index (χ3v) is 7.10. The maximum atomic E-state index is 12.8. The number of benzene rings is 1. The number of aromatic hydroxyl groups is 1. The van der Waals surface area contributed by atoms with Crippen LogP contribution in [-0.2, 0) is 13.0 Å². The van der Waals surface area contributed by atoms with Crippen molar-refractivity contribution in [2.45, 2.75) is 38.0 Å². The van der Waals surface area contributed by atoms with Crippen LogP contribution in [0.25, 0.3) is 21.1 Å². The number of nitriles is 1. The molecule has 3 N–H and O–H groups in total. The Morgan fingerprint density at radius 1 is 1.21 bits per heavy atom. The first-order valence-electron chi connectivity index (χ1n) is 10.8. The second-order valence-corrected chi connectivity index (χ2v) is 9.59. The maximum absolute atomic E-state index is 12.8. The summed E-state index contributed by atoms with van der Waals surface area (Å²) in [7, 11) is 0. The van der Waals surface area contributed by atoms with Crippen LogP contribution in [0.4, 0.5) is 19.0 Å². The quantitative estimate of drug-likeness (QED) is 0.370. The van der Waals surface area contributed by atoms with Crippen molar-refractivity contribution in [1.29, 1.82) is 5.26 Å². The van der Waals surface area contributed by atoms with Gasteiger partial charge >= 0.3 is 6.18 Å². The molecule has 34 heavy (non-hydrogen) atoms. The number of anilines is 1. The van der Waals surface area contributed by atoms with E-state index in [1.54, 1.807) is 6.07 Å². The molecule has 0 atom stereocenters. The number of halogens is 3. The highest BCUT2D eigenvalue weighted by Crippen LogP contribution is 2.34. The van der Waals surface area contributed by atoms with Gasteiger partial charge in [0.1, 0.15) is 34.5 Å². The predicted molar refractivity (Wildman–Crippen MR) is 124 cm³/mol. The Balaban J connectivity index is 1.23. The van der Waals surface area contributed by atoms with Crippen molar-refractivity contribution >= 4 is 38.3 Å². The molecule has 0 spiro atoms. The van der Waals surface area contributed by atoms with Gasteiger partial charge < -0.3 is 15.4 Å². The molecule has 4 heterocycles. The molecular weight excluding hydrogens is 465 g/mol. The Bertz CT molecular complexity index is 1380. The van der Waals surface area contributed by atoms with Crippen molar-refractivity contribution < 1.29 is 18.3 Å². The Kier molecular flexibility index (Phi) is 5.79. The second-order valence-electron chi connectivity index (χ2n) is 8.47. The Labute approximate surface area is 196 Å². The van der Waals surface area contributed by atoms with E-state index in [4.69, 9.17) is 5.26 Å². The summed E-state index contributed by atoms with van der Waals surface area (Å²) < 4.78 is 38.3. The van der Waals surface area contributed by atoms with Crippen LogP contribution in [0.5, 0.6) is 5.75 Å². The molecule has 3 aromatic heterocycles. The number of phenolic OH excluding ortho intramolecular Hbond substituents is 1. The number of hydrogen-bond donors (Lipinski definition) is 3. The maximum Gasteiger partial charge on any atom is 0.393 e. The second kappa shape index (κ2) is 8.77. The zero-order chi connectivity index (χ0) is 23.9. The van der Waals surface area contributed by atoms with Gasteiger partial charge in [0.2, 0.25) is 0 Å². The fourth-order valence-electron chi connectivity index (χ4n) is 4.40. The molecule has 11 heteroatoms. The van der Waals surface area contributed by atoms with Crippen LogP contribution in [0.3, 0.4) is 0 Å². The minimum Gasteiger partial charge on any atom is -0.507 e. The number of H-pyrrole nitrogens is 1. The number of likely N-dealkylation sites (tertiary alicyclic amines) is 1. The zero-order valence-electron chi connectivity index (χ0n) is 18.0. The van der Waals surface area contributed by atoms with Gasteiger partial charge in [-0.25, -0.2) is 9.97 Å². The first-order valence-corrected chi connectivity index (χ1v) is 11.6. The summed E-state index contributed by atoms with van der Waals surface area (Å²) in [4.78, 5) is 14.4. The molecular formula is C23H21F3N6OS. The van der Waals surface area contributed by atoms with Crippen LogP contribution in [0.2, 0.25) is 0 Å². The Hall–Kier alpha value is -3.36. The topological polar surface area (TPSA) is 101 Å². The molecule has 1 aliphatic heterocycles. The van der Waals surface area contributed by atoms with Gasteiger partial charge in [0.25, 0.3) is 0 Å². The van der Waals surface area contributed by atoms with Gasteiger partial charge in [-0.2, -0.15) is 18.4 Å². The molecule has 5 rings (SSSR count). The van der Waals surface area contributed by atoms with Gasteiger partial charge in [0.15, 0.2) is 0 Å². The first-order chi connectivity index (χ1) is 16.3. The number of nitrogens with zero attached hydrogens (tertiary/aromatic N) is 4. The largest absolute Gasteiger partial charge is 0.507 e. The van der Waals surface area contributed by atoms with E-state index >= 15 is 0 Å². The fourth-order valence-corrected chi connectivity index (χ4v) is 5.42. The third kappa shape index (κ3) is 4.64. The van der Waals surface area contributed by atoms with E-state index < -0.39 is 12.6 Å². The zero-order valence-corrected chi connectivity index (χ0v) is 18.8. The highest BCUT2D eigenvalue weighted by atomic mass is 32.1. The van der Waals surface area contributed by atoms with Crippen LogP contribution in [-0.4, -0.2) is 50.3 Å². The lowest BCUT2D eigenvalue weighted by atomic mass is 10.0. The number of piperidine rings is 1. The summed E-state index contributed by atoms with van der Waals surface area (Å²) >= 11 is 1.04. The van der Waals surface area contributed by atoms with E-state index in [9.17, 15) is 18.3 Å². The van der Waals surface area contributed by atoms with Gasteiger partial charge in [-0.15, -0.1) is 11.3 Å². The number of fused-ring (bicyclic) bond motifs is 2. The van der Waals surface area contributed by atoms with E-state index in [0.29, 0.717) is 33.7 Å². The summed E-state index contributed by atoms with van der Waals surface area (Å²) in [6.45, 7) is 2.18. The van der Waals surface area contributed by atoms with Crippen molar-refractivity contribution in [2.24, 2.45) is 0 Å². The molecule has 0 amide bonds. The van der Waals surface area contributed by atoms with Crippen LogP contribution >= 0.6 is 11.3 Å².